The highest BCUT2D eigenvalue weighted by atomic mass is 16.5. The number of rotatable bonds is 5. The molecule has 5 heteroatoms. The third kappa shape index (κ3) is 2.85. The predicted octanol–water partition coefficient (Wildman–Crippen LogP) is 0.193. The molecule has 1 rings (SSSR count). The van der Waals surface area contributed by atoms with Gasteiger partial charge in [-0.25, -0.2) is 4.79 Å². The minimum atomic E-state index is -0.260. The maximum Gasteiger partial charge on any atom is 0.409 e. The molecular weight excluding hydrogens is 184 g/mol. The van der Waals surface area contributed by atoms with Crippen molar-refractivity contribution in [2.45, 2.75) is 18.9 Å². The highest BCUT2D eigenvalue weighted by molar-refractivity contribution is 5.68. The fourth-order valence-electron chi connectivity index (χ4n) is 1.38. The molecule has 0 saturated carbocycles. The van der Waals surface area contributed by atoms with Crippen LogP contribution < -0.4 is 5.73 Å². The molecule has 1 heterocycles. The van der Waals surface area contributed by atoms with Gasteiger partial charge >= 0.3 is 6.09 Å². The van der Waals surface area contributed by atoms with E-state index in [0.29, 0.717) is 19.8 Å². The normalized spacial score (nSPS) is 20.4. The summed E-state index contributed by atoms with van der Waals surface area (Å²) in [5.74, 6) is 0. The van der Waals surface area contributed by atoms with E-state index in [-0.39, 0.29) is 12.1 Å². The zero-order chi connectivity index (χ0) is 10.4. The molecule has 1 unspecified atom stereocenters. The van der Waals surface area contributed by atoms with Crippen LogP contribution in [0.4, 0.5) is 4.79 Å². The Balaban J connectivity index is 2.10. The highest BCUT2D eigenvalue weighted by Crippen LogP contribution is 2.18. The Morgan fingerprint density at radius 3 is 2.93 bits per heavy atom. The Bertz CT molecular complexity index is 187. The number of nitrogens with two attached hydrogens (primary N) is 1. The van der Waals surface area contributed by atoms with Crippen molar-refractivity contribution in [3.63, 3.8) is 0 Å². The molecule has 1 atom stereocenters. The molecule has 5 nitrogen and oxygen atoms in total. The molecule has 0 aromatic heterocycles. The van der Waals surface area contributed by atoms with Crippen molar-refractivity contribution in [1.29, 1.82) is 0 Å². The minimum absolute atomic E-state index is 0.195. The van der Waals surface area contributed by atoms with Crippen molar-refractivity contribution in [2.24, 2.45) is 5.73 Å². The molecule has 1 saturated heterocycles. The van der Waals surface area contributed by atoms with Gasteiger partial charge in [0.1, 0.15) is 0 Å². The number of hydrogen-bond acceptors (Lipinski definition) is 4. The van der Waals surface area contributed by atoms with Crippen LogP contribution in [0.15, 0.2) is 0 Å². The van der Waals surface area contributed by atoms with E-state index in [1.54, 1.807) is 4.90 Å². The molecule has 0 radical (unpaired) electrons. The fraction of sp³-hybridized carbons (Fsp3) is 0.889. The van der Waals surface area contributed by atoms with Gasteiger partial charge in [0.25, 0.3) is 0 Å². The topological polar surface area (TPSA) is 64.8 Å². The summed E-state index contributed by atoms with van der Waals surface area (Å²) in [4.78, 5) is 12.8. The van der Waals surface area contributed by atoms with Gasteiger partial charge in [0, 0.05) is 13.2 Å². The zero-order valence-electron chi connectivity index (χ0n) is 8.57. The van der Waals surface area contributed by atoms with Gasteiger partial charge in [0.05, 0.1) is 19.8 Å². The number of amides is 1. The van der Waals surface area contributed by atoms with Crippen LogP contribution in [0, 0.1) is 0 Å². The van der Waals surface area contributed by atoms with E-state index in [2.05, 4.69) is 4.74 Å². The SMILES string of the molecule is COC(=O)N1CCC1COCCCN. The largest absolute Gasteiger partial charge is 0.453 e. The molecule has 1 aliphatic heterocycles. The van der Waals surface area contributed by atoms with Gasteiger partial charge < -0.3 is 20.1 Å². The minimum Gasteiger partial charge on any atom is -0.453 e. The summed E-state index contributed by atoms with van der Waals surface area (Å²) in [5.41, 5.74) is 5.32. The molecule has 0 aromatic rings. The van der Waals surface area contributed by atoms with Crippen LogP contribution in [0.5, 0.6) is 0 Å². The quantitative estimate of drug-likeness (QED) is 0.646. The van der Waals surface area contributed by atoms with Crippen molar-refractivity contribution in [1.82, 2.24) is 4.90 Å². The van der Waals surface area contributed by atoms with Gasteiger partial charge in [-0.15, -0.1) is 0 Å². The van der Waals surface area contributed by atoms with Crippen LogP contribution in [0.2, 0.25) is 0 Å². The average molecular weight is 202 g/mol. The van der Waals surface area contributed by atoms with Crippen LogP contribution in [0.1, 0.15) is 12.8 Å². The molecule has 2 N–H and O–H groups in total. The van der Waals surface area contributed by atoms with Gasteiger partial charge in [-0.05, 0) is 19.4 Å². The third-order valence-corrected chi connectivity index (χ3v) is 2.36. The van der Waals surface area contributed by atoms with E-state index in [9.17, 15) is 4.79 Å². The second-order valence-corrected chi connectivity index (χ2v) is 3.32. The van der Waals surface area contributed by atoms with Crippen LogP contribution in [0.25, 0.3) is 0 Å². The van der Waals surface area contributed by atoms with Gasteiger partial charge in [0.2, 0.25) is 0 Å². The van der Waals surface area contributed by atoms with Crippen LogP contribution >= 0.6 is 0 Å². The van der Waals surface area contributed by atoms with Gasteiger partial charge in [-0.1, -0.05) is 0 Å². The molecule has 0 bridgehead atoms. The lowest BCUT2D eigenvalue weighted by Crippen LogP contribution is -2.53. The van der Waals surface area contributed by atoms with E-state index >= 15 is 0 Å². The van der Waals surface area contributed by atoms with Crippen molar-refractivity contribution >= 4 is 6.09 Å². The number of hydrogen-bond donors (Lipinski definition) is 1. The first kappa shape index (κ1) is 11.3. The monoisotopic (exact) mass is 202 g/mol. The van der Waals surface area contributed by atoms with Gasteiger partial charge in [-0.2, -0.15) is 0 Å². The van der Waals surface area contributed by atoms with E-state index in [1.807, 2.05) is 0 Å². The second-order valence-electron chi connectivity index (χ2n) is 3.32. The molecule has 0 aromatic carbocycles. The van der Waals surface area contributed by atoms with E-state index in [1.165, 1.54) is 7.11 Å². The summed E-state index contributed by atoms with van der Waals surface area (Å²) >= 11 is 0. The van der Waals surface area contributed by atoms with Crippen LogP contribution in [-0.2, 0) is 9.47 Å². The average Bonchev–Trinajstić information content (AvgIpc) is 2.15. The summed E-state index contributed by atoms with van der Waals surface area (Å²) in [6, 6.07) is 0.195. The lowest BCUT2D eigenvalue weighted by Gasteiger charge is -2.39. The standard InChI is InChI=1S/C9H18N2O3/c1-13-9(12)11-5-3-8(11)7-14-6-2-4-10/h8H,2-7,10H2,1H3. The summed E-state index contributed by atoms with van der Waals surface area (Å²) in [6.07, 6.45) is 1.60. The van der Waals surface area contributed by atoms with Gasteiger partial charge in [0.15, 0.2) is 0 Å². The number of ether oxygens (including phenoxy) is 2. The maximum atomic E-state index is 11.1. The van der Waals surface area contributed by atoms with Crippen molar-refractivity contribution in [2.75, 3.05) is 33.4 Å². The first-order chi connectivity index (χ1) is 6.79. The van der Waals surface area contributed by atoms with E-state index < -0.39 is 0 Å². The Morgan fingerprint density at radius 1 is 1.64 bits per heavy atom. The Morgan fingerprint density at radius 2 is 2.43 bits per heavy atom. The number of likely N-dealkylation sites (tertiary alicyclic amines) is 1. The predicted molar refractivity (Wildman–Crippen MR) is 52.0 cm³/mol. The summed E-state index contributed by atoms with van der Waals surface area (Å²) in [6.45, 7) is 2.68. The molecule has 0 aliphatic carbocycles. The van der Waals surface area contributed by atoms with Crippen LogP contribution in [0.3, 0.4) is 0 Å². The molecular formula is C9H18N2O3. The van der Waals surface area contributed by atoms with Crippen molar-refractivity contribution < 1.29 is 14.3 Å². The smallest absolute Gasteiger partial charge is 0.409 e. The maximum absolute atomic E-state index is 11.1. The number of methoxy groups -OCH3 is 1. The highest BCUT2D eigenvalue weighted by Gasteiger charge is 2.32. The Labute approximate surface area is 84.1 Å². The molecule has 0 spiro atoms. The van der Waals surface area contributed by atoms with E-state index in [0.717, 1.165) is 19.4 Å². The first-order valence-electron chi connectivity index (χ1n) is 4.92. The second kappa shape index (κ2) is 5.82. The number of carbonyl (C=O) groups is 1. The van der Waals surface area contributed by atoms with Crippen LogP contribution in [-0.4, -0.2) is 50.4 Å². The number of nitrogens with zero attached hydrogens (tertiary/aromatic N) is 1. The lowest BCUT2D eigenvalue weighted by atomic mass is 10.1. The Hall–Kier alpha value is -0.810. The first-order valence-corrected chi connectivity index (χ1v) is 4.92. The van der Waals surface area contributed by atoms with Gasteiger partial charge in [-0.3, -0.25) is 0 Å². The summed E-state index contributed by atoms with van der Waals surface area (Å²) < 4.78 is 10.00. The van der Waals surface area contributed by atoms with Crippen molar-refractivity contribution in [3.8, 4) is 0 Å². The molecule has 82 valence electrons. The zero-order valence-corrected chi connectivity index (χ0v) is 8.57. The molecule has 14 heavy (non-hydrogen) atoms. The van der Waals surface area contributed by atoms with E-state index in [4.69, 9.17) is 10.5 Å². The summed E-state index contributed by atoms with van der Waals surface area (Å²) in [7, 11) is 1.40. The molecule has 1 fully saturated rings. The summed E-state index contributed by atoms with van der Waals surface area (Å²) in [5, 5.41) is 0. The third-order valence-electron chi connectivity index (χ3n) is 2.36. The molecule has 1 aliphatic rings. The van der Waals surface area contributed by atoms with Crippen molar-refractivity contribution in [3.05, 3.63) is 0 Å². The molecule has 1 amide bonds. The Kier molecular flexibility index (Phi) is 4.69. The fourth-order valence-corrected chi connectivity index (χ4v) is 1.38. The number of carbonyl (C=O) groups excluding carboxylic acids is 1. The lowest BCUT2D eigenvalue weighted by molar-refractivity contribution is 0.00654.